The number of hydrogen-bond donors (Lipinski definition) is 2. The number of nitrogens with one attached hydrogen (secondary N) is 2. The van der Waals surface area contributed by atoms with Gasteiger partial charge in [-0.1, -0.05) is 0 Å². The minimum absolute atomic E-state index is 0.356. The highest BCUT2D eigenvalue weighted by Gasteiger charge is 2.21. The second-order valence-corrected chi connectivity index (χ2v) is 9.14. The Balaban J connectivity index is 1.32. The van der Waals surface area contributed by atoms with Crippen LogP contribution in [-0.4, -0.2) is 48.1 Å². The highest BCUT2D eigenvalue weighted by Crippen LogP contribution is 2.35. The Hall–Kier alpha value is -4.37. The molecule has 9 heteroatoms. The van der Waals surface area contributed by atoms with Crippen LogP contribution in [0.25, 0.3) is 55.8 Å². The molecule has 6 heterocycles. The van der Waals surface area contributed by atoms with Gasteiger partial charge >= 0.3 is 0 Å². The van der Waals surface area contributed by atoms with Gasteiger partial charge in [0.05, 0.1) is 28.9 Å². The van der Waals surface area contributed by atoms with Crippen molar-refractivity contribution in [1.82, 2.24) is 35.0 Å². The summed E-state index contributed by atoms with van der Waals surface area (Å²) in [6, 6.07) is 9.31. The van der Waals surface area contributed by atoms with Crippen molar-refractivity contribution in [3.63, 3.8) is 0 Å². The van der Waals surface area contributed by atoms with Gasteiger partial charge in [-0.05, 0) is 61.8 Å². The number of aromatic amines is 2. The Bertz CT molecular complexity index is 1700. The van der Waals surface area contributed by atoms with Gasteiger partial charge in [-0.15, -0.1) is 0 Å². The van der Waals surface area contributed by atoms with Crippen LogP contribution in [0.2, 0.25) is 0 Å². The van der Waals surface area contributed by atoms with Crippen LogP contribution in [0.1, 0.15) is 18.4 Å². The fourth-order valence-corrected chi connectivity index (χ4v) is 5.05. The second-order valence-electron chi connectivity index (χ2n) is 9.14. The number of halogens is 1. The van der Waals surface area contributed by atoms with Crippen LogP contribution in [0.15, 0.2) is 65.9 Å². The van der Waals surface area contributed by atoms with E-state index < -0.39 is 0 Å². The number of furan rings is 1. The van der Waals surface area contributed by atoms with Crippen molar-refractivity contribution in [2.24, 2.45) is 0 Å². The van der Waals surface area contributed by atoms with Gasteiger partial charge in [-0.25, -0.2) is 9.37 Å². The number of hydrogen-bond acceptors (Lipinski definition) is 6. The lowest BCUT2D eigenvalue weighted by Crippen LogP contribution is -2.18. The van der Waals surface area contributed by atoms with Crippen molar-refractivity contribution in [3.8, 4) is 33.9 Å². The number of imidazole rings is 1. The van der Waals surface area contributed by atoms with Crippen LogP contribution in [0.3, 0.4) is 0 Å². The predicted molar refractivity (Wildman–Crippen MR) is 134 cm³/mol. The van der Waals surface area contributed by atoms with E-state index in [1.54, 1.807) is 31.0 Å². The van der Waals surface area contributed by atoms with Crippen molar-refractivity contribution < 1.29 is 8.81 Å². The molecule has 36 heavy (non-hydrogen) atoms. The van der Waals surface area contributed by atoms with Gasteiger partial charge in [0.25, 0.3) is 0 Å². The summed E-state index contributed by atoms with van der Waals surface area (Å²) in [5, 5.41) is 7.75. The summed E-state index contributed by atoms with van der Waals surface area (Å²) in [6.45, 7) is 3.02. The lowest BCUT2D eigenvalue weighted by atomic mass is 10.0. The van der Waals surface area contributed by atoms with Gasteiger partial charge in [0.1, 0.15) is 22.7 Å². The Morgan fingerprint density at radius 2 is 1.92 bits per heavy atom. The highest BCUT2D eigenvalue weighted by molar-refractivity contribution is 5.98. The summed E-state index contributed by atoms with van der Waals surface area (Å²) in [5.74, 6) is 0.107. The summed E-state index contributed by atoms with van der Waals surface area (Å²) >= 11 is 0. The molecule has 0 radical (unpaired) electrons. The third-order valence-electron chi connectivity index (χ3n) is 6.80. The fraction of sp³-hybridized carbons (Fsp3) is 0.185. The van der Waals surface area contributed by atoms with E-state index in [-0.39, 0.29) is 5.82 Å². The topological polar surface area (TPSA) is 99.5 Å². The van der Waals surface area contributed by atoms with Gasteiger partial charge in [0, 0.05) is 41.8 Å². The first kappa shape index (κ1) is 21.0. The predicted octanol–water partition coefficient (Wildman–Crippen LogP) is 5.56. The maximum Gasteiger partial charge on any atom is 0.159 e. The third-order valence-corrected chi connectivity index (χ3v) is 6.80. The molecular weight excluding hydrogens is 457 g/mol. The second kappa shape index (κ2) is 8.39. The van der Waals surface area contributed by atoms with E-state index in [0.29, 0.717) is 39.2 Å². The summed E-state index contributed by atoms with van der Waals surface area (Å²) in [7, 11) is 0. The molecule has 8 nitrogen and oxygen atoms in total. The molecule has 7 rings (SSSR count). The number of rotatable bonds is 5. The molecule has 1 fully saturated rings. The number of pyridine rings is 2. The molecule has 5 aromatic heterocycles. The third kappa shape index (κ3) is 3.47. The summed E-state index contributed by atoms with van der Waals surface area (Å²) in [6.07, 6.45) is 10.9. The Morgan fingerprint density at radius 1 is 1.00 bits per heavy atom. The normalized spacial score (nSPS) is 14.4. The molecule has 1 aliphatic rings. The molecule has 0 amide bonds. The van der Waals surface area contributed by atoms with E-state index in [9.17, 15) is 0 Å². The zero-order valence-electron chi connectivity index (χ0n) is 19.3. The first-order chi connectivity index (χ1) is 17.7. The maximum absolute atomic E-state index is 16.1. The van der Waals surface area contributed by atoms with E-state index in [0.717, 1.165) is 41.8 Å². The molecule has 0 aliphatic carbocycles. The molecular formula is C27H22FN7O. The Labute approximate surface area is 205 Å². The average Bonchev–Trinajstić information content (AvgIpc) is 3.70. The van der Waals surface area contributed by atoms with Crippen molar-refractivity contribution in [1.29, 1.82) is 0 Å². The van der Waals surface area contributed by atoms with Gasteiger partial charge in [-0.2, -0.15) is 5.10 Å². The SMILES string of the molecule is Fc1c(-c2cncc(CN3CCCC3)c2)ccc2[nH]nc(-c3nc4c(-c5ccoc5)nccc4[nH]3)c12. The molecule has 0 atom stereocenters. The summed E-state index contributed by atoms with van der Waals surface area (Å²) < 4.78 is 21.3. The van der Waals surface area contributed by atoms with Gasteiger partial charge in [-0.3, -0.25) is 20.0 Å². The molecule has 6 aromatic rings. The van der Waals surface area contributed by atoms with Crippen molar-refractivity contribution in [2.75, 3.05) is 13.1 Å². The number of likely N-dealkylation sites (tertiary alicyclic amines) is 1. The fourth-order valence-electron chi connectivity index (χ4n) is 5.05. The smallest absolute Gasteiger partial charge is 0.159 e. The Kier molecular flexibility index (Phi) is 4.88. The molecule has 1 aliphatic heterocycles. The average molecular weight is 480 g/mol. The molecule has 0 bridgehead atoms. The largest absolute Gasteiger partial charge is 0.472 e. The van der Waals surface area contributed by atoms with Crippen molar-refractivity contribution >= 4 is 21.9 Å². The zero-order valence-corrected chi connectivity index (χ0v) is 19.3. The van der Waals surface area contributed by atoms with Crippen LogP contribution >= 0.6 is 0 Å². The van der Waals surface area contributed by atoms with Crippen LogP contribution in [-0.2, 0) is 6.54 Å². The number of aromatic nitrogens is 6. The maximum atomic E-state index is 16.1. The van der Waals surface area contributed by atoms with Crippen molar-refractivity contribution in [2.45, 2.75) is 19.4 Å². The summed E-state index contributed by atoms with van der Waals surface area (Å²) in [4.78, 5) is 19.3. The van der Waals surface area contributed by atoms with E-state index in [2.05, 4.69) is 30.0 Å². The molecule has 0 spiro atoms. The lowest BCUT2D eigenvalue weighted by molar-refractivity contribution is 0.331. The van der Waals surface area contributed by atoms with Gasteiger partial charge in [0.15, 0.2) is 5.82 Å². The number of fused-ring (bicyclic) bond motifs is 2. The molecule has 0 saturated carbocycles. The lowest BCUT2D eigenvalue weighted by Gasteiger charge is -2.15. The van der Waals surface area contributed by atoms with Crippen LogP contribution < -0.4 is 0 Å². The van der Waals surface area contributed by atoms with E-state index in [1.165, 1.54) is 12.8 Å². The van der Waals surface area contributed by atoms with Gasteiger partial charge in [0.2, 0.25) is 0 Å². The van der Waals surface area contributed by atoms with Crippen LogP contribution in [0.5, 0.6) is 0 Å². The summed E-state index contributed by atoms with van der Waals surface area (Å²) in [5.41, 5.74) is 6.28. The minimum Gasteiger partial charge on any atom is -0.472 e. The first-order valence-electron chi connectivity index (χ1n) is 12.0. The van der Waals surface area contributed by atoms with E-state index in [1.807, 2.05) is 30.5 Å². The highest BCUT2D eigenvalue weighted by atomic mass is 19.1. The van der Waals surface area contributed by atoms with Crippen LogP contribution in [0.4, 0.5) is 4.39 Å². The molecule has 1 saturated heterocycles. The quantitative estimate of drug-likeness (QED) is 0.336. The number of H-pyrrole nitrogens is 2. The number of nitrogens with zero attached hydrogens (tertiary/aromatic N) is 5. The van der Waals surface area contributed by atoms with Crippen molar-refractivity contribution in [3.05, 3.63) is 72.8 Å². The monoisotopic (exact) mass is 479 g/mol. The number of benzene rings is 1. The van der Waals surface area contributed by atoms with E-state index in [4.69, 9.17) is 9.40 Å². The molecule has 1 aromatic carbocycles. The standard InChI is InChI=1S/C27H22FN7O/c28-23-19(18-11-16(12-29-13-18)14-35-8-1-2-9-35)3-4-20-22(23)26(34-33-20)27-31-21-5-7-30-24(25(21)32-27)17-6-10-36-15-17/h3-7,10-13,15H,1-2,8-9,14H2,(H,31,32)(H,33,34). The zero-order chi connectivity index (χ0) is 24.1. The van der Waals surface area contributed by atoms with Gasteiger partial charge < -0.3 is 9.40 Å². The van der Waals surface area contributed by atoms with Crippen LogP contribution in [0, 0.1) is 5.82 Å². The Morgan fingerprint density at radius 3 is 2.78 bits per heavy atom. The molecule has 2 N–H and O–H groups in total. The van der Waals surface area contributed by atoms with E-state index >= 15 is 4.39 Å². The molecule has 0 unspecified atom stereocenters. The minimum atomic E-state index is -0.356. The first-order valence-corrected chi connectivity index (χ1v) is 12.0. The molecule has 178 valence electrons.